The number of hydrogen-bond acceptors (Lipinski definition) is 4. The molecule has 1 aliphatic rings. The fourth-order valence-corrected chi connectivity index (χ4v) is 2.29. The highest BCUT2D eigenvalue weighted by Crippen LogP contribution is 2.27. The molecular formula is C19H22N4O2. The Labute approximate surface area is 147 Å². The second-order valence-electron chi connectivity index (χ2n) is 6.35. The van der Waals surface area contributed by atoms with E-state index in [9.17, 15) is 9.59 Å². The summed E-state index contributed by atoms with van der Waals surface area (Å²) in [6.45, 7) is 2.92. The molecule has 0 bridgehead atoms. The van der Waals surface area contributed by atoms with Gasteiger partial charge in [0, 0.05) is 18.4 Å². The fraction of sp³-hybridized carbons (Fsp3) is 0.316. The molecule has 0 aliphatic heterocycles. The Morgan fingerprint density at radius 1 is 1.12 bits per heavy atom. The lowest BCUT2D eigenvalue weighted by molar-refractivity contribution is -0.119. The molecule has 1 aliphatic carbocycles. The van der Waals surface area contributed by atoms with Crippen molar-refractivity contribution in [1.29, 1.82) is 0 Å². The van der Waals surface area contributed by atoms with Crippen molar-refractivity contribution >= 4 is 23.3 Å². The molecule has 0 spiro atoms. The number of aromatic nitrogens is 1. The maximum atomic E-state index is 12.2. The number of anilines is 2. The first-order valence-electron chi connectivity index (χ1n) is 8.45. The van der Waals surface area contributed by atoms with Crippen molar-refractivity contribution in [3.8, 4) is 0 Å². The average molecular weight is 338 g/mol. The van der Waals surface area contributed by atoms with E-state index in [-0.39, 0.29) is 18.4 Å². The van der Waals surface area contributed by atoms with Crippen molar-refractivity contribution in [3.05, 3.63) is 53.7 Å². The quantitative estimate of drug-likeness (QED) is 0.724. The Hall–Kier alpha value is -2.89. The Balaban J connectivity index is 1.48. The third-order valence-electron chi connectivity index (χ3n) is 4.05. The fourth-order valence-electron chi connectivity index (χ4n) is 2.29. The van der Waals surface area contributed by atoms with Crippen LogP contribution in [0.4, 0.5) is 11.5 Å². The lowest BCUT2D eigenvalue weighted by Crippen LogP contribution is -2.31. The molecule has 1 heterocycles. The average Bonchev–Trinajstić information content (AvgIpc) is 3.45. The molecule has 3 rings (SSSR count). The first-order chi connectivity index (χ1) is 12.1. The van der Waals surface area contributed by atoms with Crippen LogP contribution in [0.3, 0.4) is 0 Å². The summed E-state index contributed by atoms with van der Waals surface area (Å²) in [7, 11) is 0. The zero-order valence-electron chi connectivity index (χ0n) is 14.2. The maximum Gasteiger partial charge on any atom is 0.257 e. The van der Waals surface area contributed by atoms with Gasteiger partial charge in [-0.05, 0) is 49.9 Å². The number of amides is 2. The number of nitrogens with one attached hydrogen (secondary N) is 3. The van der Waals surface area contributed by atoms with Crippen LogP contribution in [0.5, 0.6) is 0 Å². The standard InChI is InChI=1S/C19H22N4O2/c1-13-2-7-16(8-3-13)23-19(25)15-6-9-17(20-11-15)21-12-18(24)22-10-14-4-5-14/h2-3,6-9,11,14H,4-5,10,12H2,1H3,(H,20,21)(H,22,24)(H,23,25). The lowest BCUT2D eigenvalue weighted by atomic mass is 10.2. The normalized spacial score (nSPS) is 13.2. The molecule has 0 radical (unpaired) electrons. The van der Waals surface area contributed by atoms with Gasteiger partial charge in [0.1, 0.15) is 5.82 Å². The summed E-state index contributed by atoms with van der Waals surface area (Å²) < 4.78 is 0. The Kier molecular flexibility index (Phi) is 5.28. The molecular weight excluding hydrogens is 316 g/mol. The van der Waals surface area contributed by atoms with Crippen LogP contribution in [0.2, 0.25) is 0 Å². The number of nitrogens with zero attached hydrogens (tertiary/aromatic N) is 1. The van der Waals surface area contributed by atoms with E-state index in [0.29, 0.717) is 17.3 Å². The summed E-state index contributed by atoms with van der Waals surface area (Å²) in [4.78, 5) is 28.1. The highest BCUT2D eigenvalue weighted by Gasteiger charge is 2.21. The van der Waals surface area contributed by atoms with Crippen molar-refractivity contribution in [2.75, 3.05) is 23.7 Å². The highest BCUT2D eigenvalue weighted by molar-refractivity contribution is 6.04. The summed E-state index contributed by atoms with van der Waals surface area (Å²) in [5.74, 6) is 0.960. The van der Waals surface area contributed by atoms with Crippen LogP contribution in [0.15, 0.2) is 42.6 Å². The minimum atomic E-state index is -0.218. The second-order valence-corrected chi connectivity index (χ2v) is 6.35. The smallest absolute Gasteiger partial charge is 0.257 e. The number of rotatable bonds is 7. The van der Waals surface area contributed by atoms with Gasteiger partial charge in [-0.25, -0.2) is 4.98 Å². The predicted octanol–water partition coefficient (Wildman–Crippen LogP) is 2.58. The summed E-state index contributed by atoms with van der Waals surface area (Å²) >= 11 is 0. The van der Waals surface area contributed by atoms with E-state index in [0.717, 1.165) is 17.8 Å². The van der Waals surface area contributed by atoms with Gasteiger partial charge in [-0.2, -0.15) is 0 Å². The maximum absolute atomic E-state index is 12.2. The second kappa shape index (κ2) is 7.79. The summed E-state index contributed by atoms with van der Waals surface area (Å²) in [5, 5.41) is 8.66. The molecule has 25 heavy (non-hydrogen) atoms. The van der Waals surface area contributed by atoms with Crippen molar-refractivity contribution in [2.45, 2.75) is 19.8 Å². The van der Waals surface area contributed by atoms with E-state index in [2.05, 4.69) is 20.9 Å². The van der Waals surface area contributed by atoms with E-state index in [1.165, 1.54) is 19.0 Å². The summed E-state index contributed by atoms with van der Waals surface area (Å²) in [6, 6.07) is 11.0. The SMILES string of the molecule is Cc1ccc(NC(=O)c2ccc(NCC(=O)NCC3CC3)nc2)cc1. The van der Waals surface area contributed by atoms with Crippen molar-refractivity contribution < 1.29 is 9.59 Å². The number of pyridine rings is 1. The minimum absolute atomic E-state index is 0.0464. The van der Waals surface area contributed by atoms with Crippen LogP contribution in [0, 0.1) is 12.8 Å². The number of aryl methyl sites for hydroxylation is 1. The zero-order valence-corrected chi connectivity index (χ0v) is 14.2. The lowest BCUT2D eigenvalue weighted by Gasteiger charge is -2.08. The van der Waals surface area contributed by atoms with E-state index in [1.54, 1.807) is 12.1 Å². The molecule has 1 aromatic heterocycles. The van der Waals surface area contributed by atoms with Crippen LogP contribution >= 0.6 is 0 Å². The molecule has 2 aromatic rings. The van der Waals surface area contributed by atoms with Gasteiger partial charge in [-0.1, -0.05) is 17.7 Å². The molecule has 0 saturated heterocycles. The Bertz CT molecular complexity index is 737. The molecule has 130 valence electrons. The Morgan fingerprint density at radius 3 is 2.52 bits per heavy atom. The Morgan fingerprint density at radius 2 is 1.88 bits per heavy atom. The molecule has 6 heteroatoms. The molecule has 6 nitrogen and oxygen atoms in total. The van der Waals surface area contributed by atoms with E-state index >= 15 is 0 Å². The van der Waals surface area contributed by atoms with Gasteiger partial charge in [0.2, 0.25) is 5.91 Å². The topological polar surface area (TPSA) is 83.1 Å². The largest absolute Gasteiger partial charge is 0.361 e. The van der Waals surface area contributed by atoms with Gasteiger partial charge < -0.3 is 16.0 Å². The first-order valence-corrected chi connectivity index (χ1v) is 8.45. The van der Waals surface area contributed by atoms with E-state index < -0.39 is 0 Å². The molecule has 1 aromatic carbocycles. The van der Waals surface area contributed by atoms with Gasteiger partial charge in [-0.3, -0.25) is 9.59 Å². The molecule has 2 amide bonds. The monoisotopic (exact) mass is 338 g/mol. The van der Waals surface area contributed by atoms with Crippen LogP contribution in [0.1, 0.15) is 28.8 Å². The van der Waals surface area contributed by atoms with E-state index in [1.807, 2.05) is 31.2 Å². The molecule has 3 N–H and O–H groups in total. The third kappa shape index (κ3) is 5.31. The van der Waals surface area contributed by atoms with Crippen LogP contribution in [-0.4, -0.2) is 29.9 Å². The molecule has 0 atom stereocenters. The van der Waals surface area contributed by atoms with E-state index in [4.69, 9.17) is 0 Å². The van der Waals surface area contributed by atoms with Crippen molar-refractivity contribution in [3.63, 3.8) is 0 Å². The highest BCUT2D eigenvalue weighted by atomic mass is 16.2. The molecule has 1 fully saturated rings. The predicted molar refractivity (Wildman–Crippen MR) is 97.6 cm³/mol. The summed E-state index contributed by atoms with van der Waals surface area (Å²) in [6.07, 6.45) is 3.91. The summed E-state index contributed by atoms with van der Waals surface area (Å²) in [5.41, 5.74) is 2.34. The van der Waals surface area contributed by atoms with Crippen molar-refractivity contribution in [1.82, 2.24) is 10.3 Å². The number of carbonyl (C=O) groups excluding carboxylic acids is 2. The van der Waals surface area contributed by atoms with Gasteiger partial charge in [-0.15, -0.1) is 0 Å². The zero-order chi connectivity index (χ0) is 17.6. The third-order valence-corrected chi connectivity index (χ3v) is 4.05. The van der Waals surface area contributed by atoms with Gasteiger partial charge in [0.15, 0.2) is 0 Å². The van der Waals surface area contributed by atoms with Crippen LogP contribution in [-0.2, 0) is 4.79 Å². The number of carbonyl (C=O) groups is 2. The minimum Gasteiger partial charge on any atom is -0.361 e. The van der Waals surface area contributed by atoms with Crippen LogP contribution < -0.4 is 16.0 Å². The van der Waals surface area contributed by atoms with Crippen LogP contribution in [0.25, 0.3) is 0 Å². The number of benzene rings is 1. The number of hydrogen-bond donors (Lipinski definition) is 3. The van der Waals surface area contributed by atoms with Crippen molar-refractivity contribution in [2.24, 2.45) is 5.92 Å². The first kappa shape index (κ1) is 17.0. The molecule has 0 unspecified atom stereocenters. The molecule has 1 saturated carbocycles. The van der Waals surface area contributed by atoms with Gasteiger partial charge in [0.05, 0.1) is 12.1 Å². The van der Waals surface area contributed by atoms with Gasteiger partial charge >= 0.3 is 0 Å². The van der Waals surface area contributed by atoms with Gasteiger partial charge in [0.25, 0.3) is 5.91 Å².